The highest BCUT2D eigenvalue weighted by atomic mass is 16.5. The number of ether oxygens (including phenoxy) is 1. The lowest BCUT2D eigenvalue weighted by Gasteiger charge is -2.25. The van der Waals surface area contributed by atoms with Crippen LogP contribution < -0.4 is 9.64 Å². The van der Waals surface area contributed by atoms with Crippen LogP contribution in [0.4, 0.5) is 5.69 Å². The molecule has 0 spiro atoms. The number of Topliss-reactive ketones (excluding diaryl/α,β-unsaturated/α-hetero) is 1. The molecule has 37 heavy (non-hydrogen) atoms. The van der Waals surface area contributed by atoms with Gasteiger partial charge >= 0.3 is 0 Å². The molecule has 1 amide bonds. The van der Waals surface area contributed by atoms with E-state index in [1.807, 2.05) is 29.2 Å². The summed E-state index contributed by atoms with van der Waals surface area (Å²) in [5, 5.41) is 0. The first kappa shape index (κ1) is 25.2. The van der Waals surface area contributed by atoms with Crippen molar-refractivity contribution in [3.05, 3.63) is 94.5 Å². The molecule has 5 heteroatoms. The number of para-hydroxylation sites is 1. The van der Waals surface area contributed by atoms with Crippen molar-refractivity contribution in [1.29, 1.82) is 0 Å². The maximum absolute atomic E-state index is 13.1. The number of rotatable bonds is 12. The van der Waals surface area contributed by atoms with Gasteiger partial charge in [0, 0.05) is 38.0 Å². The minimum atomic E-state index is 0.219. The predicted molar refractivity (Wildman–Crippen MR) is 147 cm³/mol. The molecule has 0 fully saturated rings. The monoisotopic (exact) mass is 496 g/mol. The summed E-state index contributed by atoms with van der Waals surface area (Å²) in [7, 11) is 1.73. The number of nitrogens with zero attached hydrogens (tertiary/aromatic N) is 2. The first-order valence-electron chi connectivity index (χ1n) is 13.5. The third-order valence-electron chi connectivity index (χ3n) is 7.64. The molecule has 0 aliphatic carbocycles. The number of hydrogen-bond donors (Lipinski definition) is 0. The van der Waals surface area contributed by atoms with E-state index >= 15 is 0 Å². The Morgan fingerprint density at radius 1 is 0.919 bits per heavy atom. The van der Waals surface area contributed by atoms with Crippen LogP contribution in [0.15, 0.2) is 66.7 Å². The number of carbonyl (C=O) groups excluding carboxylic acids is 2. The van der Waals surface area contributed by atoms with E-state index in [4.69, 9.17) is 4.74 Å². The fourth-order valence-electron chi connectivity index (χ4n) is 5.68. The average molecular weight is 497 g/mol. The van der Waals surface area contributed by atoms with Gasteiger partial charge in [0.2, 0.25) is 5.91 Å². The maximum Gasteiger partial charge on any atom is 0.227 e. The molecule has 3 aromatic rings. The summed E-state index contributed by atoms with van der Waals surface area (Å²) >= 11 is 0. The number of carbonyl (C=O) groups is 2. The second kappa shape index (κ2) is 11.7. The lowest BCUT2D eigenvalue weighted by molar-refractivity contribution is -0.118. The largest absolute Gasteiger partial charge is 0.496 e. The van der Waals surface area contributed by atoms with E-state index in [1.165, 1.54) is 22.3 Å². The molecule has 5 rings (SSSR count). The zero-order chi connectivity index (χ0) is 25.6. The number of hydrogen-bond acceptors (Lipinski definition) is 4. The smallest absolute Gasteiger partial charge is 0.227 e. The fourth-order valence-corrected chi connectivity index (χ4v) is 5.68. The first-order valence-corrected chi connectivity index (χ1v) is 13.5. The van der Waals surface area contributed by atoms with Gasteiger partial charge in [0.15, 0.2) is 5.78 Å². The van der Waals surface area contributed by atoms with Crippen LogP contribution in [0, 0.1) is 0 Å². The highest BCUT2D eigenvalue weighted by Gasteiger charge is 2.31. The van der Waals surface area contributed by atoms with Crippen LogP contribution in [-0.4, -0.2) is 43.3 Å². The zero-order valence-electron chi connectivity index (χ0n) is 21.7. The van der Waals surface area contributed by atoms with Crippen LogP contribution >= 0.6 is 0 Å². The highest BCUT2D eigenvalue weighted by Crippen LogP contribution is 2.37. The summed E-state index contributed by atoms with van der Waals surface area (Å²) in [5.41, 5.74) is 6.77. The molecule has 0 N–H and O–H groups in total. The zero-order valence-corrected chi connectivity index (χ0v) is 21.7. The van der Waals surface area contributed by atoms with Gasteiger partial charge in [0.25, 0.3) is 0 Å². The number of methoxy groups -OCH3 is 1. The van der Waals surface area contributed by atoms with E-state index in [9.17, 15) is 9.59 Å². The molecule has 5 nitrogen and oxygen atoms in total. The molecule has 0 saturated heterocycles. The van der Waals surface area contributed by atoms with Crippen molar-refractivity contribution in [2.24, 2.45) is 0 Å². The second-order valence-electron chi connectivity index (χ2n) is 10.1. The fraction of sp³-hybridized carbons (Fsp3) is 0.375. The molecule has 0 aromatic heterocycles. The standard InChI is InChI=1S/C32H36N2O3/c1-37-30-13-6-5-11-25(30)16-19-33(23-24-9-3-2-4-10-24)18-8-7-12-29(35)28-21-26-14-15-31(36)34-20-17-27(22-28)32(26)34/h2-6,9-11,13,21-22H,7-8,12,14-20,23H2,1H3. The number of benzene rings is 3. The van der Waals surface area contributed by atoms with Crippen molar-refractivity contribution in [2.75, 3.05) is 31.6 Å². The van der Waals surface area contributed by atoms with E-state index in [0.29, 0.717) is 12.8 Å². The summed E-state index contributed by atoms with van der Waals surface area (Å²) in [6.07, 6.45) is 5.49. The third-order valence-corrected chi connectivity index (χ3v) is 7.64. The van der Waals surface area contributed by atoms with Gasteiger partial charge in [0.1, 0.15) is 5.75 Å². The Balaban J connectivity index is 1.17. The number of aryl methyl sites for hydroxylation is 1. The molecule has 2 aliphatic rings. The van der Waals surface area contributed by atoms with Gasteiger partial charge in [-0.2, -0.15) is 0 Å². The van der Waals surface area contributed by atoms with E-state index in [2.05, 4.69) is 47.4 Å². The first-order chi connectivity index (χ1) is 18.1. The predicted octanol–water partition coefficient (Wildman–Crippen LogP) is 5.63. The van der Waals surface area contributed by atoms with Gasteiger partial charge in [0.05, 0.1) is 12.8 Å². The molecular formula is C32H36N2O3. The van der Waals surface area contributed by atoms with Crippen molar-refractivity contribution in [2.45, 2.75) is 51.5 Å². The quantitative estimate of drug-likeness (QED) is 0.241. The van der Waals surface area contributed by atoms with Crippen molar-refractivity contribution < 1.29 is 14.3 Å². The summed E-state index contributed by atoms with van der Waals surface area (Å²) in [4.78, 5) is 29.7. The Kier molecular flexibility index (Phi) is 8.00. The molecular weight excluding hydrogens is 460 g/mol. The van der Waals surface area contributed by atoms with E-state index in [1.54, 1.807) is 7.11 Å². The Labute approximate surface area is 220 Å². The molecule has 0 saturated carbocycles. The van der Waals surface area contributed by atoms with Gasteiger partial charge in [-0.3, -0.25) is 14.5 Å². The Hall–Kier alpha value is -3.44. The topological polar surface area (TPSA) is 49.9 Å². The molecule has 0 radical (unpaired) electrons. The summed E-state index contributed by atoms with van der Waals surface area (Å²) < 4.78 is 5.55. The Morgan fingerprint density at radius 2 is 1.68 bits per heavy atom. The molecule has 0 unspecified atom stereocenters. The maximum atomic E-state index is 13.1. The van der Waals surface area contributed by atoms with Crippen molar-refractivity contribution in [3.8, 4) is 5.75 Å². The van der Waals surface area contributed by atoms with E-state index < -0.39 is 0 Å². The van der Waals surface area contributed by atoms with Gasteiger partial charge in [-0.1, -0.05) is 48.5 Å². The van der Waals surface area contributed by atoms with Crippen molar-refractivity contribution in [3.63, 3.8) is 0 Å². The van der Waals surface area contributed by atoms with Crippen LogP contribution in [0.25, 0.3) is 0 Å². The number of ketones is 1. The van der Waals surface area contributed by atoms with Crippen LogP contribution in [-0.2, 0) is 30.6 Å². The van der Waals surface area contributed by atoms with Crippen LogP contribution in [0.5, 0.6) is 5.75 Å². The number of amides is 1. The van der Waals surface area contributed by atoms with Crippen LogP contribution in [0.3, 0.4) is 0 Å². The molecule has 3 aromatic carbocycles. The molecule has 192 valence electrons. The van der Waals surface area contributed by atoms with E-state index in [0.717, 1.165) is 75.3 Å². The summed E-state index contributed by atoms with van der Waals surface area (Å²) in [6.45, 7) is 3.54. The molecule has 0 bridgehead atoms. The normalized spacial score (nSPS) is 14.2. The van der Waals surface area contributed by atoms with Crippen LogP contribution in [0.1, 0.15) is 58.3 Å². The third kappa shape index (κ3) is 5.94. The second-order valence-corrected chi connectivity index (χ2v) is 10.1. The summed E-state index contributed by atoms with van der Waals surface area (Å²) in [5.74, 6) is 1.38. The lowest BCUT2D eigenvalue weighted by Crippen LogP contribution is -2.32. The minimum absolute atomic E-state index is 0.219. The number of unbranched alkanes of at least 4 members (excludes halogenated alkanes) is 1. The Morgan fingerprint density at radius 3 is 2.49 bits per heavy atom. The van der Waals surface area contributed by atoms with Gasteiger partial charge in [-0.25, -0.2) is 0 Å². The van der Waals surface area contributed by atoms with Crippen LogP contribution in [0.2, 0.25) is 0 Å². The lowest BCUT2D eigenvalue weighted by atomic mass is 9.94. The SMILES string of the molecule is COc1ccccc1CCN(CCCCC(=O)c1cc2c3c(c1)CCN3C(=O)CC2)Cc1ccccc1. The molecule has 2 heterocycles. The molecule has 2 aliphatic heterocycles. The minimum Gasteiger partial charge on any atom is -0.496 e. The van der Waals surface area contributed by atoms with E-state index in [-0.39, 0.29) is 11.7 Å². The van der Waals surface area contributed by atoms with Crippen molar-refractivity contribution >= 4 is 17.4 Å². The van der Waals surface area contributed by atoms with Gasteiger partial charge < -0.3 is 9.64 Å². The number of anilines is 1. The highest BCUT2D eigenvalue weighted by molar-refractivity contribution is 6.02. The molecule has 0 atom stereocenters. The van der Waals surface area contributed by atoms with Gasteiger partial charge in [-0.15, -0.1) is 0 Å². The summed E-state index contributed by atoms with van der Waals surface area (Å²) in [6, 6.07) is 22.9. The van der Waals surface area contributed by atoms with Gasteiger partial charge in [-0.05, 0) is 79.1 Å². The Bertz CT molecular complexity index is 1250. The van der Waals surface area contributed by atoms with Crippen molar-refractivity contribution in [1.82, 2.24) is 4.90 Å². The average Bonchev–Trinajstić information content (AvgIpc) is 3.37.